The maximum absolute atomic E-state index is 12.0. The van der Waals surface area contributed by atoms with Gasteiger partial charge in [0.05, 0.1) is 18.0 Å². The summed E-state index contributed by atoms with van der Waals surface area (Å²) >= 11 is 0. The first kappa shape index (κ1) is 21.7. The van der Waals surface area contributed by atoms with Crippen molar-refractivity contribution in [2.75, 3.05) is 45.2 Å². The largest absolute Gasteiger partial charge is 0.459 e. The van der Waals surface area contributed by atoms with Gasteiger partial charge in [-0.1, -0.05) is 24.3 Å². The molecule has 2 aromatic rings. The molecule has 4 rings (SSSR count). The number of furan rings is 1. The molecule has 1 unspecified atom stereocenters. The fourth-order valence-electron chi connectivity index (χ4n) is 4.47. The summed E-state index contributed by atoms with van der Waals surface area (Å²) in [7, 11) is 4.11. The Balaban J connectivity index is 1.18. The van der Waals surface area contributed by atoms with Crippen molar-refractivity contribution in [1.82, 2.24) is 10.2 Å². The fourth-order valence-corrected chi connectivity index (χ4v) is 4.47. The molecule has 1 N–H and O–H groups in total. The molecule has 1 aromatic heterocycles. The van der Waals surface area contributed by atoms with Crippen LogP contribution >= 0.6 is 0 Å². The molecule has 6 heteroatoms. The van der Waals surface area contributed by atoms with E-state index in [1.54, 1.807) is 12.1 Å². The highest BCUT2D eigenvalue weighted by Gasteiger charge is 2.42. The fraction of sp³-hybridized carbons (Fsp3) is 0.480. The standard InChI is InChI=1S/C25H33N3O3/c1-27(2)21-9-7-20(8-10-21)5-3-15-28-16-13-25(14-17-28)12-11-22(31-25)19-26-24(29)23-6-4-18-30-23/h3-10,18,22H,11-17,19H2,1-2H3,(H,26,29). The third-order valence-corrected chi connectivity index (χ3v) is 6.42. The van der Waals surface area contributed by atoms with E-state index in [9.17, 15) is 4.79 Å². The van der Waals surface area contributed by atoms with E-state index in [-0.39, 0.29) is 17.6 Å². The van der Waals surface area contributed by atoms with Crippen LogP contribution in [0.15, 0.2) is 53.2 Å². The highest BCUT2D eigenvalue weighted by atomic mass is 16.5. The van der Waals surface area contributed by atoms with Crippen LogP contribution in [-0.4, -0.2) is 62.8 Å². The van der Waals surface area contributed by atoms with Crippen molar-refractivity contribution in [3.05, 3.63) is 60.1 Å². The predicted molar refractivity (Wildman–Crippen MR) is 123 cm³/mol. The summed E-state index contributed by atoms with van der Waals surface area (Å²) in [5.41, 5.74) is 2.44. The number of hydrogen-bond donors (Lipinski definition) is 1. The average molecular weight is 424 g/mol. The molecule has 166 valence electrons. The van der Waals surface area contributed by atoms with Crippen LogP contribution in [0.2, 0.25) is 0 Å². The molecule has 1 amide bonds. The summed E-state index contributed by atoms with van der Waals surface area (Å²) in [6, 6.07) is 12.0. The third kappa shape index (κ3) is 5.57. The van der Waals surface area contributed by atoms with Gasteiger partial charge in [0.1, 0.15) is 0 Å². The molecule has 2 aliphatic heterocycles. The van der Waals surface area contributed by atoms with E-state index in [2.05, 4.69) is 65.6 Å². The lowest BCUT2D eigenvalue weighted by Crippen LogP contribution is -2.45. The first-order valence-corrected chi connectivity index (χ1v) is 11.2. The molecule has 0 bridgehead atoms. The Morgan fingerprint density at radius 3 is 2.65 bits per heavy atom. The van der Waals surface area contributed by atoms with Crippen molar-refractivity contribution in [2.24, 2.45) is 0 Å². The first-order valence-electron chi connectivity index (χ1n) is 11.2. The average Bonchev–Trinajstić information content (AvgIpc) is 3.45. The van der Waals surface area contributed by atoms with E-state index in [4.69, 9.17) is 9.15 Å². The minimum Gasteiger partial charge on any atom is -0.459 e. The van der Waals surface area contributed by atoms with Gasteiger partial charge in [0.15, 0.2) is 5.76 Å². The van der Waals surface area contributed by atoms with Crippen LogP contribution in [0.3, 0.4) is 0 Å². The van der Waals surface area contributed by atoms with Gasteiger partial charge in [-0.25, -0.2) is 0 Å². The number of amides is 1. The quantitative estimate of drug-likeness (QED) is 0.734. The van der Waals surface area contributed by atoms with Gasteiger partial charge in [-0.2, -0.15) is 0 Å². The number of hydrogen-bond acceptors (Lipinski definition) is 5. The number of anilines is 1. The molecule has 1 aromatic carbocycles. The van der Waals surface area contributed by atoms with Gasteiger partial charge in [0.2, 0.25) is 0 Å². The molecule has 3 heterocycles. The Morgan fingerprint density at radius 1 is 1.19 bits per heavy atom. The summed E-state index contributed by atoms with van der Waals surface area (Å²) in [5.74, 6) is 0.176. The zero-order valence-electron chi connectivity index (χ0n) is 18.5. The SMILES string of the molecule is CN(C)c1ccc(C=CCN2CCC3(CCC(CNC(=O)c4ccco4)O3)CC2)cc1. The van der Waals surface area contributed by atoms with Crippen molar-refractivity contribution in [1.29, 1.82) is 0 Å². The number of nitrogens with zero attached hydrogens (tertiary/aromatic N) is 2. The van der Waals surface area contributed by atoms with Gasteiger partial charge in [-0.3, -0.25) is 9.69 Å². The van der Waals surface area contributed by atoms with Gasteiger partial charge < -0.3 is 19.4 Å². The van der Waals surface area contributed by atoms with Gasteiger partial charge in [-0.15, -0.1) is 0 Å². The predicted octanol–water partition coefficient (Wildman–Crippen LogP) is 3.80. The maximum Gasteiger partial charge on any atom is 0.287 e. The summed E-state index contributed by atoms with van der Waals surface area (Å²) in [4.78, 5) is 16.6. The summed E-state index contributed by atoms with van der Waals surface area (Å²) in [6.07, 6.45) is 10.3. The van der Waals surface area contributed by atoms with E-state index in [0.29, 0.717) is 12.3 Å². The van der Waals surface area contributed by atoms with Crippen LogP contribution in [0.4, 0.5) is 5.69 Å². The lowest BCUT2D eigenvalue weighted by atomic mass is 9.88. The van der Waals surface area contributed by atoms with E-state index >= 15 is 0 Å². The number of carbonyl (C=O) groups is 1. The second kappa shape index (κ2) is 9.71. The van der Waals surface area contributed by atoms with Crippen LogP contribution in [0.5, 0.6) is 0 Å². The van der Waals surface area contributed by atoms with Gasteiger partial charge in [0.25, 0.3) is 5.91 Å². The van der Waals surface area contributed by atoms with E-state index in [0.717, 1.165) is 45.3 Å². The molecular weight excluding hydrogens is 390 g/mol. The second-order valence-electron chi connectivity index (χ2n) is 8.84. The minimum atomic E-state index is -0.174. The zero-order valence-corrected chi connectivity index (χ0v) is 18.5. The monoisotopic (exact) mass is 423 g/mol. The maximum atomic E-state index is 12.0. The van der Waals surface area contributed by atoms with Crippen molar-refractivity contribution in [2.45, 2.75) is 37.4 Å². The second-order valence-corrected chi connectivity index (χ2v) is 8.84. The lowest BCUT2D eigenvalue weighted by molar-refractivity contribution is -0.0741. The molecule has 2 saturated heterocycles. The Labute approximate surface area is 184 Å². The van der Waals surface area contributed by atoms with Crippen LogP contribution in [0.1, 0.15) is 41.8 Å². The molecule has 0 aliphatic carbocycles. The number of rotatable bonds is 7. The van der Waals surface area contributed by atoms with Crippen LogP contribution < -0.4 is 10.2 Å². The molecule has 6 nitrogen and oxygen atoms in total. The Morgan fingerprint density at radius 2 is 1.97 bits per heavy atom. The van der Waals surface area contributed by atoms with Gasteiger partial charge >= 0.3 is 0 Å². The number of piperidine rings is 1. The molecule has 1 spiro atoms. The highest BCUT2D eigenvalue weighted by Crippen LogP contribution is 2.38. The summed E-state index contributed by atoms with van der Waals surface area (Å²) in [5, 5.41) is 2.93. The van der Waals surface area contributed by atoms with Crippen LogP contribution in [0.25, 0.3) is 6.08 Å². The molecule has 0 radical (unpaired) electrons. The van der Waals surface area contributed by atoms with Gasteiger partial charge in [0, 0.05) is 46.0 Å². The topological polar surface area (TPSA) is 58.0 Å². The molecule has 2 aliphatic rings. The van der Waals surface area contributed by atoms with Crippen LogP contribution in [0, 0.1) is 0 Å². The number of ether oxygens (including phenoxy) is 1. The third-order valence-electron chi connectivity index (χ3n) is 6.42. The van der Waals surface area contributed by atoms with E-state index in [1.165, 1.54) is 17.5 Å². The Bertz CT molecular complexity index is 866. The Kier molecular flexibility index (Phi) is 6.78. The van der Waals surface area contributed by atoms with Crippen molar-refractivity contribution < 1.29 is 13.9 Å². The van der Waals surface area contributed by atoms with Crippen molar-refractivity contribution >= 4 is 17.7 Å². The van der Waals surface area contributed by atoms with E-state index < -0.39 is 0 Å². The highest BCUT2D eigenvalue weighted by molar-refractivity contribution is 5.91. The van der Waals surface area contributed by atoms with Crippen molar-refractivity contribution in [3.63, 3.8) is 0 Å². The molecule has 2 fully saturated rings. The number of benzene rings is 1. The number of nitrogens with one attached hydrogen (secondary N) is 1. The zero-order chi connectivity index (χ0) is 21.7. The summed E-state index contributed by atoms with van der Waals surface area (Å²) in [6.45, 7) is 3.61. The molecule has 1 atom stereocenters. The van der Waals surface area contributed by atoms with E-state index in [1.807, 2.05) is 0 Å². The van der Waals surface area contributed by atoms with Crippen LogP contribution in [-0.2, 0) is 4.74 Å². The molecular formula is C25H33N3O3. The molecule has 31 heavy (non-hydrogen) atoms. The number of carbonyl (C=O) groups excluding carboxylic acids is 1. The number of likely N-dealkylation sites (tertiary alicyclic amines) is 1. The summed E-state index contributed by atoms with van der Waals surface area (Å²) < 4.78 is 11.6. The molecule has 0 saturated carbocycles. The smallest absolute Gasteiger partial charge is 0.287 e. The minimum absolute atomic E-state index is 0.0116. The normalized spacial score (nSPS) is 21.0. The first-order chi connectivity index (χ1) is 15.0. The van der Waals surface area contributed by atoms with Gasteiger partial charge in [-0.05, 0) is 55.5 Å². The Hall–Kier alpha value is -2.57. The lowest BCUT2D eigenvalue weighted by Gasteiger charge is -2.38. The van der Waals surface area contributed by atoms with Crippen molar-refractivity contribution in [3.8, 4) is 0 Å².